The fraction of sp³-hybridized carbons (Fsp3) is 0.333. The molecule has 0 atom stereocenters. The molecule has 1 aliphatic rings. The van der Waals surface area contributed by atoms with Crippen LogP contribution in [0.1, 0.15) is 23.2 Å². The lowest BCUT2D eigenvalue weighted by atomic mass is 10.2. The van der Waals surface area contributed by atoms with Crippen molar-refractivity contribution in [3.8, 4) is 0 Å². The highest BCUT2D eigenvalue weighted by Crippen LogP contribution is 2.36. The second-order valence-corrected chi connectivity index (χ2v) is 5.47. The van der Waals surface area contributed by atoms with Crippen molar-refractivity contribution in [2.75, 3.05) is 6.26 Å². The minimum atomic E-state index is -1.09. The highest BCUT2D eigenvalue weighted by Gasteiger charge is 2.51. The van der Waals surface area contributed by atoms with Gasteiger partial charge in [-0.15, -0.1) is 11.8 Å². The molecule has 0 aromatic heterocycles. The van der Waals surface area contributed by atoms with Crippen LogP contribution in [0.2, 0.25) is 5.02 Å². The molecule has 0 unspecified atom stereocenters. The Morgan fingerprint density at radius 2 is 2.11 bits per heavy atom. The molecule has 2 N–H and O–H groups in total. The van der Waals surface area contributed by atoms with Gasteiger partial charge in [0.1, 0.15) is 5.54 Å². The zero-order chi connectivity index (χ0) is 13.3. The van der Waals surface area contributed by atoms with Crippen molar-refractivity contribution in [1.29, 1.82) is 0 Å². The first-order chi connectivity index (χ1) is 8.48. The summed E-state index contributed by atoms with van der Waals surface area (Å²) in [5, 5.41) is 11.9. The van der Waals surface area contributed by atoms with Gasteiger partial charge >= 0.3 is 5.97 Å². The summed E-state index contributed by atoms with van der Waals surface area (Å²) < 4.78 is 0. The summed E-state index contributed by atoms with van der Waals surface area (Å²) in [6.07, 6.45) is 2.83. The molecule has 1 aliphatic carbocycles. The van der Waals surface area contributed by atoms with E-state index < -0.39 is 17.4 Å². The number of hydrogen-bond acceptors (Lipinski definition) is 3. The Morgan fingerprint density at radius 1 is 1.44 bits per heavy atom. The van der Waals surface area contributed by atoms with Crippen molar-refractivity contribution in [2.45, 2.75) is 23.3 Å². The van der Waals surface area contributed by atoms with E-state index in [1.165, 1.54) is 11.8 Å². The van der Waals surface area contributed by atoms with E-state index >= 15 is 0 Å². The van der Waals surface area contributed by atoms with Crippen LogP contribution in [0, 0.1) is 0 Å². The maximum absolute atomic E-state index is 12.0. The van der Waals surface area contributed by atoms with Crippen LogP contribution in [0.15, 0.2) is 23.1 Å². The highest BCUT2D eigenvalue weighted by molar-refractivity contribution is 7.98. The summed E-state index contributed by atoms with van der Waals surface area (Å²) in [7, 11) is 0. The third kappa shape index (κ3) is 2.47. The first-order valence-corrected chi connectivity index (χ1v) is 6.98. The molecule has 18 heavy (non-hydrogen) atoms. The lowest BCUT2D eigenvalue weighted by molar-refractivity contribution is -0.140. The first kappa shape index (κ1) is 13.2. The minimum Gasteiger partial charge on any atom is -0.480 e. The predicted octanol–water partition coefficient (Wildman–Crippen LogP) is 2.41. The maximum Gasteiger partial charge on any atom is 0.329 e. The zero-order valence-electron chi connectivity index (χ0n) is 9.70. The molecule has 1 saturated carbocycles. The molecule has 0 bridgehead atoms. The van der Waals surface area contributed by atoms with E-state index in [9.17, 15) is 9.59 Å². The molecule has 1 aromatic carbocycles. The largest absolute Gasteiger partial charge is 0.480 e. The molecule has 0 aliphatic heterocycles. The van der Waals surface area contributed by atoms with Crippen LogP contribution in [-0.4, -0.2) is 28.8 Å². The molecular formula is C12H12ClNO3S. The average Bonchev–Trinajstić information content (AvgIpc) is 3.10. The molecule has 0 saturated heterocycles. The fourth-order valence-electron chi connectivity index (χ4n) is 1.61. The quantitative estimate of drug-likeness (QED) is 0.834. The zero-order valence-corrected chi connectivity index (χ0v) is 11.3. The normalized spacial score (nSPS) is 16.1. The maximum atomic E-state index is 12.0. The number of halogens is 1. The number of hydrogen-bond donors (Lipinski definition) is 2. The summed E-state index contributed by atoms with van der Waals surface area (Å²) in [5.41, 5.74) is -0.772. The summed E-state index contributed by atoms with van der Waals surface area (Å²) in [5.74, 6) is -1.43. The molecule has 4 nitrogen and oxygen atoms in total. The number of rotatable bonds is 4. The smallest absolute Gasteiger partial charge is 0.329 e. The number of carbonyl (C=O) groups is 2. The van der Waals surface area contributed by atoms with Crippen LogP contribution in [-0.2, 0) is 4.79 Å². The van der Waals surface area contributed by atoms with E-state index in [2.05, 4.69) is 5.32 Å². The van der Waals surface area contributed by atoms with E-state index in [0.29, 0.717) is 23.4 Å². The van der Waals surface area contributed by atoms with Crippen LogP contribution >= 0.6 is 23.4 Å². The van der Waals surface area contributed by atoms with Gasteiger partial charge < -0.3 is 10.4 Å². The van der Waals surface area contributed by atoms with Gasteiger partial charge in [0.05, 0.1) is 10.6 Å². The standard InChI is InChI=1S/C12H12ClNO3S/c1-18-7-2-3-9(13)8(6-7)10(15)14-12(4-5-12)11(16)17/h2-3,6H,4-5H2,1H3,(H,14,15)(H,16,17). The third-order valence-electron chi connectivity index (χ3n) is 2.93. The number of amides is 1. The SMILES string of the molecule is CSc1ccc(Cl)c(C(=O)NC2(C(=O)O)CC2)c1. The molecule has 2 rings (SSSR count). The van der Waals surface area contributed by atoms with Gasteiger partial charge in [0.15, 0.2) is 0 Å². The van der Waals surface area contributed by atoms with E-state index in [0.717, 1.165) is 4.90 Å². The monoisotopic (exact) mass is 285 g/mol. The fourth-order valence-corrected chi connectivity index (χ4v) is 2.25. The van der Waals surface area contributed by atoms with Crippen LogP contribution < -0.4 is 5.32 Å². The summed E-state index contributed by atoms with van der Waals surface area (Å²) >= 11 is 7.45. The van der Waals surface area contributed by atoms with Crippen molar-refractivity contribution < 1.29 is 14.7 Å². The molecule has 0 spiro atoms. The van der Waals surface area contributed by atoms with Crippen molar-refractivity contribution in [3.05, 3.63) is 28.8 Å². The van der Waals surface area contributed by atoms with Gasteiger partial charge in [-0.3, -0.25) is 4.79 Å². The Labute approximate surface area is 114 Å². The number of nitrogens with one attached hydrogen (secondary N) is 1. The van der Waals surface area contributed by atoms with E-state index in [1.807, 2.05) is 12.3 Å². The van der Waals surface area contributed by atoms with Crippen LogP contribution in [0.3, 0.4) is 0 Å². The molecular weight excluding hydrogens is 274 g/mol. The van der Waals surface area contributed by atoms with Crippen molar-refractivity contribution >= 4 is 35.2 Å². The summed E-state index contributed by atoms with van der Waals surface area (Å²) in [6, 6.07) is 5.12. The second-order valence-electron chi connectivity index (χ2n) is 4.19. The van der Waals surface area contributed by atoms with Gasteiger partial charge in [-0.05, 0) is 37.3 Å². The Hall–Kier alpha value is -1.20. The van der Waals surface area contributed by atoms with Gasteiger partial charge in [0.2, 0.25) is 0 Å². The van der Waals surface area contributed by atoms with Gasteiger partial charge in [0.25, 0.3) is 5.91 Å². The number of carboxylic acids is 1. The van der Waals surface area contributed by atoms with Gasteiger partial charge in [-0.25, -0.2) is 4.79 Å². The molecule has 0 radical (unpaired) electrons. The lowest BCUT2D eigenvalue weighted by Crippen LogP contribution is -2.43. The Kier molecular flexibility index (Phi) is 3.54. The molecule has 6 heteroatoms. The number of carboxylic acid groups (broad SMARTS) is 1. The molecule has 1 amide bonds. The number of aliphatic carboxylic acids is 1. The van der Waals surface area contributed by atoms with Gasteiger partial charge in [0, 0.05) is 4.90 Å². The van der Waals surface area contributed by atoms with Gasteiger partial charge in [-0.1, -0.05) is 11.6 Å². The lowest BCUT2D eigenvalue weighted by Gasteiger charge is -2.13. The van der Waals surface area contributed by atoms with Crippen molar-refractivity contribution in [2.24, 2.45) is 0 Å². The van der Waals surface area contributed by atoms with E-state index in [-0.39, 0.29) is 0 Å². The highest BCUT2D eigenvalue weighted by atomic mass is 35.5. The number of carbonyl (C=O) groups excluding carboxylic acids is 1. The number of thioether (sulfide) groups is 1. The third-order valence-corrected chi connectivity index (χ3v) is 3.99. The molecule has 0 heterocycles. The van der Waals surface area contributed by atoms with Gasteiger partial charge in [-0.2, -0.15) is 0 Å². The Balaban J connectivity index is 2.21. The molecule has 1 fully saturated rings. The van der Waals surface area contributed by atoms with E-state index in [1.54, 1.807) is 12.1 Å². The van der Waals surface area contributed by atoms with E-state index in [4.69, 9.17) is 16.7 Å². The Morgan fingerprint density at radius 3 is 2.61 bits per heavy atom. The number of benzene rings is 1. The van der Waals surface area contributed by atoms with Crippen molar-refractivity contribution in [1.82, 2.24) is 5.32 Å². The first-order valence-electron chi connectivity index (χ1n) is 5.38. The van der Waals surface area contributed by atoms with Crippen LogP contribution in [0.25, 0.3) is 0 Å². The Bertz CT molecular complexity index is 514. The summed E-state index contributed by atoms with van der Waals surface area (Å²) in [4.78, 5) is 23.9. The average molecular weight is 286 g/mol. The van der Waals surface area contributed by atoms with Crippen molar-refractivity contribution in [3.63, 3.8) is 0 Å². The van der Waals surface area contributed by atoms with Crippen LogP contribution in [0.4, 0.5) is 0 Å². The topological polar surface area (TPSA) is 66.4 Å². The molecule has 96 valence electrons. The molecule has 1 aromatic rings. The minimum absolute atomic E-state index is 0.316. The predicted molar refractivity (Wildman–Crippen MR) is 70.3 cm³/mol. The summed E-state index contributed by atoms with van der Waals surface area (Å²) in [6.45, 7) is 0. The van der Waals surface area contributed by atoms with Crippen LogP contribution in [0.5, 0.6) is 0 Å². The second kappa shape index (κ2) is 4.82.